The Balaban J connectivity index is 1.51. The summed E-state index contributed by atoms with van der Waals surface area (Å²) >= 11 is 0. The maximum absolute atomic E-state index is 12.5. The summed E-state index contributed by atoms with van der Waals surface area (Å²) in [5, 5.41) is 17.7. The molecule has 7 heteroatoms. The van der Waals surface area contributed by atoms with Gasteiger partial charge in [0, 0.05) is 6.42 Å². The van der Waals surface area contributed by atoms with Crippen LogP contribution in [0, 0.1) is 5.92 Å². The standard InChI is InChI=1S/C31H49N3O4/c1-2-3-4-5-6-7-8-9-10-11-12-13-14-15-16-18-21-26(31(37)38)24-29(35)32-28-25-30(36)34(33-28)27-22-19-17-20-23-27/h17,19-20,22-23,26H,2-16,18,21,24-25H2,1H3,(H,37,38)(H,32,33,35). The Bertz CT molecular complexity index is 856. The largest absolute Gasteiger partial charge is 0.481 e. The van der Waals surface area contributed by atoms with E-state index in [0.29, 0.717) is 12.1 Å². The number of amides is 2. The molecule has 1 aromatic rings. The van der Waals surface area contributed by atoms with E-state index in [-0.39, 0.29) is 24.6 Å². The number of hydrazone groups is 1. The van der Waals surface area contributed by atoms with Gasteiger partial charge in [0.05, 0.1) is 18.0 Å². The van der Waals surface area contributed by atoms with Crippen LogP contribution in [0.2, 0.25) is 0 Å². The van der Waals surface area contributed by atoms with Crippen LogP contribution in [0.3, 0.4) is 0 Å². The minimum absolute atomic E-state index is 0.00248. The highest BCUT2D eigenvalue weighted by atomic mass is 16.4. The normalized spacial score (nSPS) is 14.0. The molecule has 1 atom stereocenters. The van der Waals surface area contributed by atoms with Gasteiger partial charge in [-0.05, 0) is 18.6 Å². The number of unbranched alkanes of at least 4 members (excludes halogenated alkanes) is 15. The number of rotatable bonds is 21. The third-order valence-corrected chi connectivity index (χ3v) is 7.25. The lowest BCUT2D eigenvalue weighted by Crippen LogP contribution is -2.32. The Hall–Kier alpha value is -2.70. The third kappa shape index (κ3) is 13.2. The highest BCUT2D eigenvalue weighted by Gasteiger charge is 2.28. The van der Waals surface area contributed by atoms with Crippen molar-refractivity contribution in [3.63, 3.8) is 0 Å². The van der Waals surface area contributed by atoms with Gasteiger partial charge < -0.3 is 10.4 Å². The lowest BCUT2D eigenvalue weighted by atomic mass is 9.96. The van der Waals surface area contributed by atoms with Crippen LogP contribution < -0.4 is 10.3 Å². The van der Waals surface area contributed by atoms with E-state index in [1.807, 2.05) is 18.2 Å². The van der Waals surface area contributed by atoms with Crippen LogP contribution in [-0.4, -0.2) is 28.7 Å². The highest BCUT2D eigenvalue weighted by molar-refractivity contribution is 6.15. The maximum atomic E-state index is 12.5. The maximum Gasteiger partial charge on any atom is 0.307 e. The fraction of sp³-hybridized carbons (Fsp3) is 0.677. The molecule has 1 heterocycles. The summed E-state index contributed by atoms with van der Waals surface area (Å²) in [6.07, 6.45) is 20.8. The van der Waals surface area contributed by atoms with E-state index >= 15 is 0 Å². The fourth-order valence-electron chi connectivity index (χ4n) is 4.96. The number of anilines is 1. The van der Waals surface area contributed by atoms with E-state index in [1.54, 1.807) is 12.1 Å². The van der Waals surface area contributed by atoms with Crippen molar-refractivity contribution in [3.8, 4) is 0 Å². The second-order valence-electron chi connectivity index (χ2n) is 10.6. The summed E-state index contributed by atoms with van der Waals surface area (Å²) in [4.78, 5) is 36.4. The van der Waals surface area contributed by atoms with Gasteiger partial charge in [0.15, 0.2) is 0 Å². The molecule has 1 unspecified atom stereocenters. The van der Waals surface area contributed by atoms with Gasteiger partial charge >= 0.3 is 5.97 Å². The fourth-order valence-corrected chi connectivity index (χ4v) is 4.96. The molecule has 38 heavy (non-hydrogen) atoms. The van der Waals surface area contributed by atoms with Gasteiger partial charge in [0.25, 0.3) is 5.91 Å². The molecular weight excluding hydrogens is 478 g/mol. The summed E-state index contributed by atoms with van der Waals surface area (Å²) < 4.78 is 0. The van der Waals surface area contributed by atoms with Crippen molar-refractivity contribution < 1.29 is 19.5 Å². The average Bonchev–Trinajstić information content (AvgIpc) is 3.27. The van der Waals surface area contributed by atoms with Gasteiger partial charge in [-0.25, -0.2) is 0 Å². The van der Waals surface area contributed by atoms with Crippen molar-refractivity contribution in [3.05, 3.63) is 30.3 Å². The zero-order valence-electron chi connectivity index (χ0n) is 23.5. The molecule has 0 spiro atoms. The summed E-state index contributed by atoms with van der Waals surface area (Å²) in [5.41, 5.74) is 0.633. The third-order valence-electron chi connectivity index (χ3n) is 7.25. The highest BCUT2D eigenvalue weighted by Crippen LogP contribution is 2.20. The number of carboxylic acids is 1. The van der Waals surface area contributed by atoms with Gasteiger partial charge in [-0.3, -0.25) is 14.4 Å². The van der Waals surface area contributed by atoms with Crippen LogP contribution in [0.25, 0.3) is 0 Å². The number of hydrogen-bond donors (Lipinski definition) is 2. The van der Waals surface area contributed by atoms with E-state index in [1.165, 1.54) is 88.5 Å². The van der Waals surface area contributed by atoms with Crippen LogP contribution in [0.4, 0.5) is 5.69 Å². The first kappa shape index (κ1) is 31.5. The first-order valence-electron chi connectivity index (χ1n) is 15.0. The van der Waals surface area contributed by atoms with Crippen molar-refractivity contribution in [1.29, 1.82) is 0 Å². The number of carboxylic acid groups (broad SMARTS) is 1. The number of benzene rings is 1. The van der Waals surface area contributed by atoms with Gasteiger partial charge in [-0.15, -0.1) is 0 Å². The summed E-state index contributed by atoms with van der Waals surface area (Å²) in [5.74, 6) is -2.04. The summed E-state index contributed by atoms with van der Waals surface area (Å²) in [6.45, 7) is 2.26. The Labute approximate surface area is 229 Å². The molecule has 1 aromatic carbocycles. The Morgan fingerprint density at radius 2 is 1.34 bits per heavy atom. The minimum Gasteiger partial charge on any atom is -0.481 e. The van der Waals surface area contributed by atoms with Crippen LogP contribution in [0.1, 0.15) is 129 Å². The number of nitrogens with zero attached hydrogens (tertiary/aromatic N) is 2. The molecule has 0 radical (unpaired) electrons. The van der Waals surface area contributed by atoms with Crippen molar-refractivity contribution >= 4 is 29.3 Å². The van der Waals surface area contributed by atoms with Crippen LogP contribution in [-0.2, 0) is 14.4 Å². The molecule has 2 amide bonds. The second kappa shape index (κ2) is 19.4. The molecule has 0 fully saturated rings. The molecule has 0 aliphatic carbocycles. The lowest BCUT2D eigenvalue weighted by Gasteiger charge is -2.12. The lowest BCUT2D eigenvalue weighted by molar-refractivity contribution is -0.144. The van der Waals surface area contributed by atoms with E-state index in [9.17, 15) is 19.5 Å². The van der Waals surface area contributed by atoms with Crippen LogP contribution >= 0.6 is 0 Å². The number of hydrogen-bond acceptors (Lipinski definition) is 4. The molecule has 0 saturated carbocycles. The average molecular weight is 528 g/mol. The van der Waals surface area contributed by atoms with E-state index < -0.39 is 17.8 Å². The number of carbonyl (C=O) groups is 3. The van der Waals surface area contributed by atoms with Crippen molar-refractivity contribution in [2.24, 2.45) is 11.0 Å². The van der Waals surface area contributed by atoms with Gasteiger partial charge in [0.1, 0.15) is 5.84 Å². The summed E-state index contributed by atoms with van der Waals surface area (Å²) in [6, 6.07) is 9.01. The monoisotopic (exact) mass is 527 g/mol. The zero-order chi connectivity index (χ0) is 27.4. The predicted molar refractivity (Wildman–Crippen MR) is 154 cm³/mol. The topological polar surface area (TPSA) is 99.1 Å². The predicted octanol–water partition coefficient (Wildman–Crippen LogP) is 7.60. The van der Waals surface area contributed by atoms with Gasteiger partial charge in [-0.1, -0.05) is 128 Å². The molecule has 0 saturated heterocycles. The number of para-hydroxylation sites is 1. The first-order chi connectivity index (χ1) is 18.5. The van der Waals surface area contributed by atoms with E-state index in [0.717, 1.165) is 19.3 Å². The molecule has 0 bridgehead atoms. The molecular formula is C31H49N3O4. The number of amidine groups is 1. The quantitative estimate of drug-likeness (QED) is 0.161. The molecule has 212 valence electrons. The molecule has 0 aromatic heterocycles. The smallest absolute Gasteiger partial charge is 0.307 e. The summed E-state index contributed by atoms with van der Waals surface area (Å²) in [7, 11) is 0. The van der Waals surface area contributed by atoms with Crippen molar-refractivity contribution in [2.75, 3.05) is 5.01 Å². The Morgan fingerprint density at radius 1 is 0.842 bits per heavy atom. The minimum atomic E-state index is -0.948. The Kier molecular flexibility index (Phi) is 16.1. The van der Waals surface area contributed by atoms with Gasteiger partial charge in [-0.2, -0.15) is 10.1 Å². The van der Waals surface area contributed by atoms with E-state index in [2.05, 4.69) is 17.3 Å². The van der Waals surface area contributed by atoms with Gasteiger partial charge in [0.2, 0.25) is 5.91 Å². The van der Waals surface area contributed by atoms with Crippen LogP contribution in [0.5, 0.6) is 0 Å². The molecule has 1 aliphatic rings. The number of nitrogens with one attached hydrogen (secondary N) is 1. The van der Waals surface area contributed by atoms with Crippen LogP contribution in [0.15, 0.2) is 35.4 Å². The number of carbonyl (C=O) groups excluding carboxylic acids is 2. The first-order valence-corrected chi connectivity index (χ1v) is 15.0. The zero-order valence-corrected chi connectivity index (χ0v) is 23.5. The molecule has 1 aliphatic heterocycles. The molecule has 7 nitrogen and oxygen atoms in total. The molecule has 2 N–H and O–H groups in total. The molecule has 2 rings (SSSR count). The van der Waals surface area contributed by atoms with E-state index in [4.69, 9.17) is 0 Å². The second-order valence-corrected chi connectivity index (χ2v) is 10.6. The Morgan fingerprint density at radius 3 is 1.84 bits per heavy atom. The van der Waals surface area contributed by atoms with Crippen molar-refractivity contribution in [1.82, 2.24) is 5.32 Å². The van der Waals surface area contributed by atoms with Crippen molar-refractivity contribution in [2.45, 2.75) is 129 Å². The SMILES string of the molecule is CCCCCCCCCCCCCCCCCCC(CC(=O)NC1=NN(c2ccccc2)C(=O)C1)C(=O)O. The number of aliphatic carboxylic acids is 1.